The smallest absolute Gasteiger partial charge is 0.328 e. The van der Waals surface area contributed by atoms with Crippen molar-refractivity contribution in [3.8, 4) is 0 Å². The molecule has 0 aliphatic heterocycles. The third kappa shape index (κ3) is 4.16. The van der Waals surface area contributed by atoms with Gasteiger partial charge in [-0.05, 0) is 49.4 Å². The van der Waals surface area contributed by atoms with Crippen molar-refractivity contribution < 1.29 is 18.7 Å². The Bertz CT molecular complexity index is 745. The lowest BCUT2D eigenvalue weighted by molar-refractivity contribution is -0.145. The van der Waals surface area contributed by atoms with E-state index in [0.717, 1.165) is 27.7 Å². The number of aryl methyl sites for hydroxylation is 2. The van der Waals surface area contributed by atoms with E-state index in [4.69, 9.17) is 9.15 Å². The van der Waals surface area contributed by atoms with E-state index in [-0.39, 0.29) is 18.2 Å². The fraction of sp³-hybridized carbons (Fsp3) is 0.474. The lowest BCUT2D eigenvalue weighted by atomic mass is 10.0. The number of carbonyl (C=O) groups excluding carboxylic acids is 2. The minimum Gasteiger partial charge on any atom is -0.467 e. The summed E-state index contributed by atoms with van der Waals surface area (Å²) in [4.78, 5) is 24.2. The highest BCUT2D eigenvalue weighted by molar-refractivity contribution is 5.90. The van der Waals surface area contributed by atoms with Crippen molar-refractivity contribution in [3.63, 3.8) is 0 Å². The number of amides is 1. The van der Waals surface area contributed by atoms with Gasteiger partial charge in [0.1, 0.15) is 11.6 Å². The van der Waals surface area contributed by atoms with Gasteiger partial charge in [0, 0.05) is 10.9 Å². The molecule has 1 N–H and O–H groups in total. The minimum atomic E-state index is -0.621. The largest absolute Gasteiger partial charge is 0.467 e. The first-order valence-corrected chi connectivity index (χ1v) is 8.16. The monoisotopic (exact) mass is 331 g/mol. The zero-order valence-corrected chi connectivity index (χ0v) is 14.9. The maximum absolute atomic E-state index is 12.4. The van der Waals surface area contributed by atoms with E-state index in [1.165, 1.54) is 7.11 Å². The molecule has 1 aromatic carbocycles. The lowest BCUT2D eigenvalue weighted by Gasteiger charge is -2.18. The molecule has 2 aromatic rings. The van der Waals surface area contributed by atoms with Crippen LogP contribution in [0.3, 0.4) is 0 Å². The first kappa shape index (κ1) is 18.0. The number of nitrogens with one attached hydrogen (secondary N) is 1. The Morgan fingerprint density at radius 2 is 1.88 bits per heavy atom. The van der Waals surface area contributed by atoms with E-state index in [1.807, 2.05) is 39.8 Å². The van der Waals surface area contributed by atoms with Gasteiger partial charge in [-0.3, -0.25) is 4.79 Å². The van der Waals surface area contributed by atoms with Crippen molar-refractivity contribution in [3.05, 3.63) is 35.1 Å². The second-order valence-electron chi connectivity index (χ2n) is 6.64. The molecular formula is C19H25NO4. The van der Waals surface area contributed by atoms with Crippen LogP contribution in [0.15, 0.2) is 22.8 Å². The van der Waals surface area contributed by atoms with Crippen molar-refractivity contribution in [2.75, 3.05) is 7.11 Å². The van der Waals surface area contributed by atoms with E-state index in [0.29, 0.717) is 6.42 Å². The van der Waals surface area contributed by atoms with Crippen molar-refractivity contribution >= 4 is 22.8 Å². The summed E-state index contributed by atoms with van der Waals surface area (Å²) in [7, 11) is 1.33. The summed E-state index contributed by atoms with van der Waals surface area (Å²) in [6, 6.07) is 3.38. The number of esters is 1. The van der Waals surface area contributed by atoms with Crippen LogP contribution in [-0.2, 0) is 20.7 Å². The van der Waals surface area contributed by atoms with Crippen LogP contribution in [-0.4, -0.2) is 25.0 Å². The predicted octanol–water partition coefficient (Wildman–Crippen LogP) is 3.30. The molecule has 1 aromatic heterocycles. The Labute approximate surface area is 142 Å². The van der Waals surface area contributed by atoms with E-state index < -0.39 is 12.0 Å². The Morgan fingerprint density at radius 1 is 1.21 bits per heavy atom. The zero-order chi connectivity index (χ0) is 17.9. The molecule has 0 spiro atoms. The van der Waals surface area contributed by atoms with Crippen LogP contribution in [0, 0.1) is 19.8 Å². The molecule has 0 saturated carbocycles. The van der Waals surface area contributed by atoms with Gasteiger partial charge in [0.15, 0.2) is 0 Å². The molecule has 1 atom stereocenters. The van der Waals surface area contributed by atoms with Crippen LogP contribution in [0.5, 0.6) is 0 Å². The second kappa shape index (κ2) is 7.51. The van der Waals surface area contributed by atoms with Gasteiger partial charge in [0.25, 0.3) is 0 Å². The Balaban J connectivity index is 2.14. The van der Waals surface area contributed by atoms with E-state index in [1.54, 1.807) is 6.26 Å². The Morgan fingerprint density at radius 3 is 2.50 bits per heavy atom. The SMILES string of the molecule is COC(=O)[C@@H](CC(C)C)NC(=O)Cc1coc2cc(C)c(C)cc12. The molecule has 0 radical (unpaired) electrons. The molecule has 0 aliphatic rings. The van der Waals surface area contributed by atoms with Crippen LogP contribution in [0.4, 0.5) is 0 Å². The number of ether oxygens (including phenoxy) is 1. The quantitative estimate of drug-likeness (QED) is 0.825. The number of rotatable bonds is 6. The summed E-state index contributed by atoms with van der Waals surface area (Å²) in [6.45, 7) is 8.05. The number of furan rings is 1. The molecule has 5 nitrogen and oxygen atoms in total. The standard InChI is InChI=1S/C19H25NO4/c1-11(2)6-16(19(22)23-5)20-18(21)9-14-10-24-17-8-13(4)12(3)7-15(14)17/h7-8,10-11,16H,6,9H2,1-5H3,(H,20,21)/t16-/m1/s1. The van der Waals surface area contributed by atoms with Crippen molar-refractivity contribution in [1.29, 1.82) is 0 Å². The van der Waals surface area contributed by atoms with Crippen molar-refractivity contribution in [2.24, 2.45) is 5.92 Å². The van der Waals surface area contributed by atoms with Gasteiger partial charge in [-0.15, -0.1) is 0 Å². The summed E-state index contributed by atoms with van der Waals surface area (Å²) in [5, 5.41) is 3.71. The molecule has 0 aliphatic carbocycles. The number of benzene rings is 1. The molecule has 1 amide bonds. The highest BCUT2D eigenvalue weighted by Crippen LogP contribution is 2.25. The van der Waals surface area contributed by atoms with Gasteiger partial charge < -0.3 is 14.5 Å². The van der Waals surface area contributed by atoms with Crippen LogP contribution >= 0.6 is 0 Å². The zero-order valence-electron chi connectivity index (χ0n) is 14.9. The highest BCUT2D eigenvalue weighted by Gasteiger charge is 2.23. The maximum atomic E-state index is 12.4. The van der Waals surface area contributed by atoms with Crippen molar-refractivity contribution in [1.82, 2.24) is 5.32 Å². The summed E-state index contributed by atoms with van der Waals surface area (Å²) in [6.07, 6.45) is 2.32. The predicted molar refractivity (Wildman–Crippen MR) is 92.8 cm³/mol. The Hall–Kier alpha value is -2.30. The van der Waals surface area contributed by atoms with E-state index >= 15 is 0 Å². The summed E-state index contributed by atoms with van der Waals surface area (Å²) in [5.74, 6) is -0.359. The van der Waals surface area contributed by atoms with E-state index in [9.17, 15) is 9.59 Å². The van der Waals surface area contributed by atoms with Crippen LogP contribution in [0.1, 0.15) is 37.0 Å². The van der Waals surface area contributed by atoms with Crippen LogP contribution in [0.2, 0.25) is 0 Å². The van der Waals surface area contributed by atoms with Gasteiger partial charge in [-0.1, -0.05) is 13.8 Å². The highest BCUT2D eigenvalue weighted by atomic mass is 16.5. The summed E-state index contributed by atoms with van der Waals surface area (Å²) < 4.78 is 10.3. The number of methoxy groups -OCH3 is 1. The van der Waals surface area contributed by atoms with Crippen LogP contribution in [0.25, 0.3) is 11.0 Å². The average molecular weight is 331 g/mol. The van der Waals surface area contributed by atoms with Gasteiger partial charge in [0.2, 0.25) is 5.91 Å². The number of hydrogen-bond acceptors (Lipinski definition) is 4. The number of fused-ring (bicyclic) bond motifs is 1. The maximum Gasteiger partial charge on any atom is 0.328 e. The first-order chi connectivity index (χ1) is 11.3. The number of hydrogen-bond donors (Lipinski definition) is 1. The van der Waals surface area contributed by atoms with Gasteiger partial charge in [0.05, 0.1) is 19.8 Å². The molecule has 0 fully saturated rings. The van der Waals surface area contributed by atoms with Gasteiger partial charge in [-0.25, -0.2) is 4.79 Å². The van der Waals surface area contributed by atoms with Crippen LogP contribution < -0.4 is 5.32 Å². The van der Waals surface area contributed by atoms with Crippen molar-refractivity contribution in [2.45, 2.75) is 46.6 Å². The average Bonchev–Trinajstić information content (AvgIpc) is 2.87. The Kier molecular flexibility index (Phi) is 5.65. The minimum absolute atomic E-state index is 0.168. The fourth-order valence-corrected chi connectivity index (χ4v) is 2.72. The summed E-state index contributed by atoms with van der Waals surface area (Å²) >= 11 is 0. The molecule has 0 saturated heterocycles. The fourth-order valence-electron chi connectivity index (χ4n) is 2.72. The third-order valence-electron chi connectivity index (χ3n) is 4.15. The number of carbonyl (C=O) groups is 2. The first-order valence-electron chi connectivity index (χ1n) is 8.16. The van der Waals surface area contributed by atoms with E-state index in [2.05, 4.69) is 5.32 Å². The topological polar surface area (TPSA) is 68.5 Å². The third-order valence-corrected chi connectivity index (χ3v) is 4.15. The molecule has 5 heteroatoms. The summed E-state index contributed by atoms with van der Waals surface area (Å²) in [5.41, 5.74) is 3.89. The lowest BCUT2D eigenvalue weighted by Crippen LogP contribution is -2.43. The van der Waals surface area contributed by atoms with Gasteiger partial charge in [-0.2, -0.15) is 0 Å². The molecule has 2 rings (SSSR count). The molecule has 0 bridgehead atoms. The normalized spacial score (nSPS) is 12.4. The molecule has 0 unspecified atom stereocenters. The molecular weight excluding hydrogens is 306 g/mol. The molecule has 1 heterocycles. The van der Waals surface area contributed by atoms with Gasteiger partial charge >= 0.3 is 5.97 Å². The second-order valence-corrected chi connectivity index (χ2v) is 6.64. The molecule has 130 valence electrons. The molecule has 24 heavy (non-hydrogen) atoms.